The number of nitrogens with one attached hydrogen (secondary N) is 1. The number of nitriles is 1. The van der Waals surface area contributed by atoms with E-state index in [0.29, 0.717) is 0 Å². The predicted octanol–water partition coefficient (Wildman–Crippen LogP) is 3.75. The molecular weight excluding hydrogens is 260 g/mol. The highest BCUT2D eigenvalue weighted by Gasteiger charge is 2.07. The molecule has 21 heavy (non-hydrogen) atoms. The van der Waals surface area contributed by atoms with Crippen LogP contribution in [0.1, 0.15) is 29.7 Å². The molecule has 0 fully saturated rings. The van der Waals surface area contributed by atoms with Gasteiger partial charge >= 0.3 is 0 Å². The van der Waals surface area contributed by atoms with Crippen LogP contribution in [-0.2, 0) is 6.54 Å². The Morgan fingerprint density at radius 2 is 2.00 bits per heavy atom. The number of hydrogen-bond acceptors (Lipinski definition) is 3. The molecule has 0 saturated carbocycles. The summed E-state index contributed by atoms with van der Waals surface area (Å²) >= 11 is 0. The molecule has 1 atom stereocenters. The van der Waals surface area contributed by atoms with Gasteiger partial charge in [-0.25, -0.2) is 0 Å². The van der Waals surface area contributed by atoms with Crippen LogP contribution in [-0.4, -0.2) is 6.61 Å². The SMILES string of the molecule is Cc1ccccc1[C@H](C)NCc1cccc(OCC#N)c1. The quantitative estimate of drug-likeness (QED) is 0.876. The molecule has 2 aromatic rings. The number of benzene rings is 2. The zero-order chi connectivity index (χ0) is 15.1. The fourth-order valence-corrected chi connectivity index (χ4v) is 2.31. The Morgan fingerprint density at radius 1 is 1.19 bits per heavy atom. The fraction of sp³-hybridized carbons (Fsp3) is 0.278. The number of ether oxygens (including phenoxy) is 1. The molecule has 0 spiro atoms. The minimum absolute atomic E-state index is 0.0799. The predicted molar refractivity (Wildman–Crippen MR) is 84.0 cm³/mol. The zero-order valence-electron chi connectivity index (χ0n) is 12.5. The third kappa shape index (κ3) is 4.34. The highest BCUT2D eigenvalue weighted by atomic mass is 16.5. The molecule has 0 aromatic heterocycles. The lowest BCUT2D eigenvalue weighted by atomic mass is 10.0. The number of aryl methyl sites for hydroxylation is 1. The van der Waals surface area contributed by atoms with Gasteiger partial charge in [-0.3, -0.25) is 0 Å². The van der Waals surface area contributed by atoms with Gasteiger partial charge in [0.2, 0.25) is 0 Å². The maximum Gasteiger partial charge on any atom is 0.174 e. The van der Waals surface area contributed by atoms with Crippen molar-refractivity contribution in [3.63, 3.8) is 0 Å². The van der Waals surface area contributed by atoms with Gasteiger partial charge in [0.25, 0.3) is 0 Å². The van der Waals surface area contributed by atoms with Gasteiger partial charge in [0, 0.05) is 12.6 Å². The molecule has 2 aromatic carbocycles. The first kappa shape index (κ1) is 15.1. The van der Waals surface area contributed by atoms with E-state index in [4.69, 9.17) is 10.00 Å². The van der Waals surface area contributed by atoms with E-state index in [2.05, 4.69) is 49.5 Å². The number of nitrogens with zero attached hydrogens (tertiary/aromatic N) is 1. The Bertz CT molecular complexity index is 631. The monoisotopic (exact) mass is 280 g/mol. The maximum absolute atomic E-state index is 8.54. The highest BCUT2D eigenvalue weighted by Crippen LogP contribution is 2.18. The van der Waals surface area contributed by atoms with Crippen molar-refractivity contribution in [3.8, 4) is 11.8 Å². The summed E-state index contributed by atoms with van der Waals surface area (Å²) in [4.78, 5) is 0. The lowest BCUT2D eigenvalue weighted by molar-refractivity contribution is 0.367. The first-order chi connectivity index (χ1) is 10.2. The van der Waals surface area contributed by atoms with Crippen molar-refractivity contribution in [2.45, 2.75) is 26.4 Å². The van der Waals surface area contributed by atoms with Crippen LogP contribution in [0.25, 0.3) is 0 Å². The van der Waals surface area contributed by atoms with Crippen LogP contribution in [0.4, 0.5) is 0 Å². The van der Waals surface area contributed by atoms with Crippen molar-refractivity contribution < 1.29 is 4.74 Å². The molecule has 0 aliphatic heterocycles. The summed E-state index contributed by atoms with van der Waals surface area (Å²) in [5, 5.41) is 12.1. The second-order valence-corrected chi connectivity index (χ2v) is 5.05. The molecule has 3 heteroatoms. The van der Waals surface area contributed by atoms with Crippen LogP contribution < -0.4 is 10.1 Å². The molecule has 0 aliphatic carbocycles. The van der Waals surface area contributed by atoms with Crippen molar-refractivity contribution in [2.75, 3.05) is 6.61 Å². The van der Waals surface area contributed by atoms with E-state index in [1.807, 2.05) is 24.3 Å². The van der Waals surface area contributed by atoms with E-state index >= 15 is 0 Å². The standard InChI is InChI=1S/C18H20N2O/c1-14-6-3-4-9-18(14)15(2)20-13-16-7-5-8-17(12-16)21-11-10-19/h3-9,12,15,20H,11,13H2,1-2H3/t15-/m0/s1. The average molecular weight is 280 g/mol. The lowest BCUT2D eigenvalue weighted by Gasteiger charge is -2.17. The third-order valence-electron chi connectivity index (χ3n) is 3.47. The molecule has 2 rings (SSSR count). The van der Waals surface area contributed by atoms with Gasteiger partial charge < -0.3 is 10.1 Å². The molecule has 0 unspecified atom stereocenters. The molecule has 0 aliphatic rings. The van der Waals surface area contributed by atoms with Crippen molar-refractivity contribution in [1.82, 2.24) is 5.32 Å². The van der Waals surface area contributed by atoms with Crippen molar-refractivity contribution in [3.05, 3.63) is 65.2 Å². The van der Waals surface area contributed by atoms with Crippen LogP contribution >= 0.6 is 0 Å². The fourth-order valence-electron chi connectivity index (χ4n) is 2.31. The smallest absolute Gasteiger partial charge is 0.174 e. The lowest BCUT2D eigenvalue weighted by Crippen LogP contribution is -2.18. The van der Waals surface area contributed by atoms with Gasteiger partial charge in [-0.1, -0.05) is 36.4 Å². The second-order valence-electron chi connectivity index (χ2n) is 5.05. The summed E-state index contributed by atoms with van der Waals surface area (Å²) in [7, 11) is 0. The second kappa shape index (κ2) is 7.47. The van der Waals surface area contributed by atoms with Crippen molar-refractivity contribution >= 4 is 0 Å². The van der Waals surface area contributed by atoms with Crippen LogP contribution in [0.15, 0.2) is 48.5 Å². The first-order valence-corrected chi connectivity index (χ1v) is 7.08. The molecule has 108 valence electrons. The zero-order valence-corrected chi connectivity index (χ0v) is 12.5. The van der Waals surface area contributed by atoms with E-state index in [-0.39, 0.29) is 12.6 Å². The highest BCUT2D eigenvalue weighted by molar-refractivity contribution is 5.30. The van der Waals surface area contributed by atoms with Gasteiger partial charge in [0.15, 0.2) is 6.61 Å². The van der Waals surface area contributed by atoms with Crippen molar-refractivity contribution in [2.24, 2.45) is 0 Å². The summed E-state index contributed by atoms with van der Waals surface area (Å²) in [6.45, 7) is 5.14. The molecule has 0 radical (unpaired) electrons. The van der Waals surface area contributed by atoms with Gasteiger partial charge in [0.05, 0.1) is 0 Å². The van der Waals surface area contributed by atoms with Crippen molar-refractivity contribution in [1.29, 1.82) is 5.26 Å². The molecule has 0 saturated heterocycles. The minimum atomic E-state index is 0.0799. The maximum atomic E-state index is 8.54. The van der Waals surface area contributed by atoms with Gasteiger partial charge in [-0.15, -0.1) is 0 Å². The van der Waals surface area contributed by atoms with Crippen LogP contribution in [0.3, 0.4) is 0 Å². The van der Waals surface area contributed by atoms with Gasteiger partial charge in [0.1, 0.15) is 11.8 Å². The molecule has 1 N–H and O–H groups in total. The summed E-state index contributed by atoms with van der Waals surface area (Å²) in [6.07, 6.45) is 0. The number of rotatable bonds is 6. The van der Waals surface area contributed by atoms with E-state index in [9.17, 15) is 0 Å². The van der Waals surface area contributed by atoms with E-state index < -0.39 is 0 Å². The first-order valence-electron chi connectivity index (χ1n) is 7.08. The van der Waals surface area contributed by atoms with E-state index in [1.165, 1.54) is 11.1 Å². The number of hydrogen-bond donors (Lipinski definition) is 1. The Labute approximate surface area is 126 Å². The minimum Gasteiger partial charge on any atom is -0.479 e. The Balaban J connectivity index is 1.97. The molecule has 0 heterocycles. The Kier molecular flexibility index (Phi) is 5.36. The molecular formula is C18H20N2O. The van der Waals surface area contributed by atoms with Gasteiger partial charge in [-0.05, 0) is 42.7 Å². The third-order valence-corrected chi connectivity index (χ3v) is 3.47. The topological polar surface area (TPSA) is 45.0 Å². The Hall–Kier alpha value is -2.31. The summed E-state index contributed by atoms with van der Waals surface area (Å²) in [5.74, 6) is 0.736. The summed E-state index contributed by atoms with van der Waals surface area (Å²) < 4.78 is 5.32. The van der Waals surface area contributed by atoms with Crippen LogP contribution in [0.2, 0.25) is 0 Å². The van der Waals surface area contributed by atoms with Crippen LogP contribution in [0.5, 0.6) is 5.75 Å². The molecule has 0 bridgehead atoms. The Morgan fingerprint density at radius 3 is 2.76 bits per heavy atom. The normalized spacial score (nSPS) is 11.7. The molecule has 0 amide bonds. The molecule has 3 nitrogen and oxygen atoms in total. The largest absolute Gasteiger partial charge is 0.479 e. The summed E-state index contributed by atoms with van der Waals surface area (Å²) in [6, 6.07) is 18.5. The van der Waals surface area contributed by atoms with E-state index in [0.717, 1.165) is 17.9 Å². The van der Waals surface area contributed by atoms with E-state index in [1.54, 1.807) is 0 Å². The summed E-state index contributed by atoms with van der Waals surface area (Å²) in [5.41, 5.74) is 3.75. The van der Waals surface area contributed by atoms with Gasteiger partial charge in [-0.2, -0.15) is 5.26 Å². The van der Waals surface area contributed by atoms with Crippen LogP contribution in [0, 0.1) is 18.3 Å². The average Bonchev–Trinajstić information content (AvgIpc) is 2.51.